The molecule has 1 aliphatic carbocycles. The lowest BCUT2D eigenvalue weighted by Crippen LogP contribution is -2.59. The third-order valence-electron chi connectivity index (χ3n) is 5.90. The molecular formula is C23H26N2O. The van der Waals surface area contributed by atoms with Crippen LogP contribution in [0.15, 0.2) is 66.7 Å². The van der Waals surface area contributed by atoms with Gasteiger partial charge in [0.2, 0.25) is 5.91 Å². The molecule has 2 aromatic carbocycles. The van der Waals surface area contributed by atoms with Gasteiger partial charge in [0.05, 0.1) is 0 Å². The molecule has 0 spiro atoms. The van der Waals surface area contributed by atoms with E-state index in [4.69, 9.17) is 0 Å². The second-order valence-corrected chi connectivity index (χ2v) is 7.49. The third kappa shape index (κ3) is 3.08. The highest BCUT2D eigenvalue weighted by Crippen LogP contribution is 2.36. The van der Waals surface area contributed by atoms with E-state index in [0.29, 0.717) is 0 Å². The van der Waals surface area contributed by atoms with E-state index in [1.807, 2.05) is 11.0 Å². The Morgan fingerprint density at radius 3 is 2.15 bits per heavy atom. The Bertz CT molecular complexity index is 779. The van der Waals surface area contributed by atoms with E-state index in [-0.39, 0.29) is 5.91 Å². The van der Waals surface area contributed by atoms with Crippen LogP contribution in [0.2, 0.25) is 0 Å². The van der Waals surface area contributed by atoms with Crippen molar-refractivity contribution in [2.24, 2.45) is 0 Å². The van der Waals surface area contributed by atoms with Gasteiger partial charge in [-0.05, 0) is 30.2 Å². The molecule has 1 amide bonds. The van der Waals surface area contributed by atoms with Crippen LogP contribution in [-0.4, -0.2) is 47.9 Å². The van der Waals surface area contributed by atoms with Gasteiger partial charge in [-0.3, -0.25) is 9.69 Å². The van der Waals surface area contributed by atoms with Crippen molar-refractivity contribution in [3.63, 3.8) is 0 Å². The number of rotatable bonds is 5. The standard InChI is InChI=1S/C23H26N2O/c1-24(16-13-19-9-3-2-4-10-19)23(22(26)25-14-7-8-15-25)17-20-11-5-6-12-21(20)18-23/h2-12H,13-18H2,1H3. The maximum atomic E-state index is 13.5. The van der Waals surface area contributed by atoms with Crippen LogP contribution in [-0.2, 0) is 24.1 Å². The predicted octanol–water partition coefficient (Wildman–Crippen LogP) is 3.10. The number of amides is 1. The number of likely N-dealkylation sites (N-methyl/N-ethyl adjacent to an activating group) is 1. The van der Waals surface area contributed by atoms with Gasteiger partial charge in [0.1, 0.15) is 5.54 Å². The molecule has 0 saturated heterocycles. The van der Waals surface area contributed by atoms with Gasteiger partial charge >= 0.3 is 0 Å². The molecule has 26 heavy (non-hydrogen) atoms. The van der Waals surface area contributed by atoms with Gasteiger partial charge in [-0.1, -0.05) is 66.7 Å². The first-order valence-corrected chi connectivity index (χ1v) is 9.45. The molecule has 0 saturated carbocycles. The fourth-order valence-electron chi connectivity index (χ4n) is 4.27. The normalized spacial score (nSPS) is 17.7. The van der Waals surface area contributed by atoms with Crippen LogP contribution >= 0.6 is 0 Å². The van der Waals surface area contributed by atoms with Gasteiger partial charge in [0, 0.05) is 32.5 Å². The van der Waals surface area contributed by atoms with Crippen LogP contribution in [0.3, 0.4) is 0 Å². The molecule has 4 rings (SSSR count). The average molecular weight is 346 g/mol. The molecule has 3 heteroatoms. The molecule has 0 radical (unpaired) electrons. The first-order chi connectivity index (χ1) is 12.7. The molecule has 2 aromatic rings. The summed E-state index contributed by atoms with van der Waals surface area (Å²) in [4.78, 5) is 17.8. The Morgan fingerprint density at radius 1 is 0.962 bits per heavy atom. The van der Waals surface area contributed by atoms with Gasteiger partial charge in [0.15, 0.2) is 0 Å². The van der Waals surface area contributed by atoms with Crippen LogP contribution in [0.1, 0.15) is 16.7 Å². The molecule has 0 atom stereocenters. The Hall–Kier alpha value is -2.39. The van der Waals surface area contributed by atoms with E-state index in [2.05, 4.69) is 72.6 Å². The Morgan fingerprint density at radius 2 is 1.54 bits per heavy atom. The zero-order valence-electron chi connectivity index (χ0n) is 15.4. The van der Waals surface area contributed by atoms with Crippen molar-refractivity contribution in [1.29, 1.82) is 0 Å². The van der Waals surface area contributed by atoms with Crippen LogP contribution in [0.5, 0.6) is 0 Å². The van der Waals surface area contributed by atoms with Gasteiger partial charge in [-0.25, -0.2) is 0 Å². The zero-order chi connectivity index (χ0) is 18.0. The molecule has 0 N–H and O–H groups in total. The lowest BCUT2D eigenvalue weighted by atomic mass is 9.91. The monoisotopic (exact) mass is 346 g/mol. The number of hydrogen-bond acceptors (Lipinski definition) is 2. The smallest absolute Gasteiger partial charge is 0.244 e. The topological polar surface area (TPSA) is 23.6 Å². The minimum atomic E-state index is -0.454. The number of hydrogen-bond donors (Lipinski definition) is 0. The molecular weight excluding hydrogens is 320 g/mol. The second kappa shape index (κ2) is 7.08. The van der Waals surface area contributed by atoms with E-state index >= 15 is 0 Å². The van der Waals surface area contributed by atoms with E-state index in [1.165, 1.54) is 16.7 Å². The van der Waals surface area contributed by atoms with Crippen LogP contribution in [0.25, 0.3) is 0 Å². The number of benzene rings is 2. The minimum absolute atomic E-state index is 0.272. The Balaban J connectivity index is 1.58. The highest BCUT2D eigenvalue weighted by Gasteiger charge is 2.48. The summed E-state index contributed by atoms with van der Waals surface area (Å²) in [6.45, 7) is 2.36. The first-order valence-electron chi connectivity index (χ1n) is 9.45. The maximum absolute atomic E-state index is 13.5. The first kappa shape index (κ1) is 17.0. The second-order valence-electron chi connectivity index (χ2n) is 7.49. The summed E-state index contributed by atoms with van der Waals surface area (Å²) in [6.07, 6.45) is 6.77. The zero-order valence-corrected chi connectivity index (χ0v) is 15.4. The average Bonchev–Trinajstić information content (AvgIpc) is 3.34. The van der Waals surface area contributed by atoms with Crippen molar-refractivity contribution < 1.29 is 4.79 Å². The summed E-state index contributed by atoms with van der Waals surface area (Å²) in [7, 11) is 2.12. The van der Waals surface area contributed by atoms with Crippen molar-refractivity contribution in [3.8, 4) is 0 Å². The van der Waals surface area contributed by atoms with Crippen molar-refractivity contribution in [2.75, 3.05) is 26.7 Å². The van der Waals surface area contributed by atoms with Crippen LogP contribution < -0.4 is 0 Å². The fourth-order valence-corrected chi connectivity index (χ4v) is 4.27. The summed E-state index contributed by atoms with van der Waals surface area (Å²) in [5.74, 6) is 0.272. The third-order valence-corrected chi connectivity index (χ3v) is 5.90. The minimum Gasteiger partial charge on any atom is -0.334 e. The summed E-state index contributed by atoms with van der Waals surface area (Å²) < 4.78 is 0. The van der Waals surface area contributed by atoms with Crippen molar-refractivity contribution >= 4 is 5.91 Å². The fraction of sp³-hybridized carbons (Fsp3) is 0.348. The predicted molar refractivity (Wildman–Crippen MR) is 105 cm³/mol. The quantitative estimate of drug-likeness (QED) is 0.777. The Labute approximate surface area is 155 Å². The van der Waals surface area contributed by atoms with Crippen molar-refractivity contribution in [2.45, 2.75) is 24.8 Å². The van der Waals surface area contributed by atoms with Gasteiger partial charge in [-0.2, -0.15) is 0 Å². The SMILES string of the molecule is CN(CCc1ccccc1)C1(C(=O)N2CC=CC2)Cc2ccccc2C1. The largest absolute Gasteiger partial charge is 0.334 e. The van der Waals surface area contributed by atoms with E-state index in [1.54, 1.807) is 0 Å². The van der Waals surface area contributed by atoms with Gasteiger partial charge in [0.25, 0.3) is 0 Å². The number of carbonyl (C=O) groups is 1. The summed E-state index contributed by atoms with van der Waals surface area (Å²) in [5, 5.41) is 0. The van der Waals surface area contributed by atoms with Gasteiger partial charge in [-0.15, -0.1) is 0 Å². The molecule has 1 heterocycles. The summed E-state index contributed by atoms with van der Waals surface area (Å²) in [6, 6.07) is 19.1. The van der Waals surface area contributed by atoms with Crippen molar-refractivity contribution in [3.05, 3.63) is 83.4 Å². The molecule has 0 bridgehead atoms. The van der Waals surface area contributed by atoms with Crippen molar-refractivity contribution in [1.82, 2.24) is 9.80 Å². The molecule has 0 aromatic heterocycles. The van der Waals surface area contributed by atoms with E-state index in [0.717, 1.165) is 38.9 Å². The summed E-state index contributed by atoms with van der Waals surface area (Å²) in [5.41, 5.74) is 3.50. The van der Waals surface area contributed by atoms with Crippen LogP contribution in [0.4, 0.5) is 0 Å². The molecule has 2 aliphatic rings. The molecule has 0 fully saturated rings. The summed E-state index contributed by atoms with van der Waals surface area (Å²) >= 11 is 0. The van der Waals surface area contributed by atoms with Crippen LogP contribution in [0, 0.1) is 0 Å². The van der Waals surface area contributed by atoms with Gasteiger partial charge < -0.3 is 4.90 Å². The van der Waals surface area contributed by atoms with E-state index < -0.39 is 5.54 Å². The number of carbonyl (C=O) groups excluding carboxylic acids is 1. The number of nitrogens with zero attached hydrogens (tertiary/aromatic N) is 2. The highest BCUT2D eigenvalue weighted by atomic mass is 16.2. The van der Waals surface area contributed by atoms with E-state index in [9.17, 15) is 4.79 Å². The number of fused-ring (bicyclic) bond motifs is 1. The lowest BCUT2D eigenvalue weighted by molar-refractivity contribution is -0.142. The molecule has 134 valence electrons. The lowest BCUT2D eigenvalue weighted by Gasteiger charge is -2.40. The maximum Gasteiger partial charge on any atom is 0.244 e. The Kier molecular flexibility index (Phi) is 4.64. The molecule has 0 unspecified atom stereocenters. The molecule has 3 nitrogen and oxygen atoms in total. The highest BCUT2D eigenvalue weighted by molar-refractivity contribution is 5.89. The molecule has 1 aliphatic heterocycles.